The Morgan fingerprint density at radius 2 is 1.77 bits per heavy atom. The highest BCUT2D eigenvalue weighted by Gasteiger charge is 2.32. The van der Waals surface area contributed by atoms with Crippen LogP contribution in [0.15, 0.2) is 4.90 Å². The van der Waals surface area contributed by atoms with E-state index in [1.165, 1.54) is 11.1 Å². The van der Waals surface area contributed by atoms with Gasteiger partial charge in [0.15, 0.2) is 0 Å². The van der Waals surface area contributed by atoms with Gasteiger partial charge >= 0.3 is 0 Å². The van der Waals surface area contributed by atoms with Crippen molar-refractivity contribution in [3.05, 3.63) is 10.8 Å². The molecule has 0 atom stereocenters. The molecule has 1 N–H and O–H groups in total. The van der Waals surface area contributed by atoms with Crippen molar-refractivity contribution in [1.82, 2.24) is 19.4 Å². The summed E-state index contributed by atoms with van der Waals surface area (Å²) in [5, 5.41) is 4.18. The second-order valence-corrected chi connectivity index (χ2v) is 9.39. The maximum atomic E-state index is 12.7. The van der Waals surface area contributed by atoms with Crippen LogP contribution in [0.5, 0.6) is 0 Å². The van der Waals surface area contributed by atoms with Gasteiger partial charge in [0.2, 0.25) is 15.9 Å². The number of piperidine rings is 1. The molecule has 7 nitrogen and oxygen atoms in total. The van der Waals surface area contributed by atoms with E-state index in [2.05, 4.69) is 9.82 Å². The number of hydrogen-bond donors (Lipinski definition) is 1. The van der Waals surface area contributed by atoms with Crippen molar-refractivity contribution in [3.63, 3.8) is 0 Å². The van der Waals surface area contributed by atoms with Crippen molar-refractivity contribution < 1.29 is 13.2 Å². The summed E-state index contributed by atoms with van der Waals surface area (Å²) in [5.74, 6) is 0.408. The van der Waals surface area contributed by atoms with E-state index < -0.39 is 10.0 Å². The SMILES string of the molecule is Cc1nn(C)c(Cl)c1S(=O)(=O)NC1CCN(C(=O)C2CCCCC2)CC1. The van der Waals surface area contributed by atoms with Crippen molar-refractivity contribution in [2.45, 2.75) is 62.8 Å². The molecule has 1 aromatic rings. The van der Waals surface area contributed by atoms with Gasteiger partial charge in [0.25, 0.3) is 0 Å². The number of rotatable bonds is 4. The summed E-state index contributed by atoms with van der Waals surface area (Å²) in [5.41, 5.74) is 0.384. The van der Waals surface area contributed by atoms with Crippen molar-refractivity contribution in [2.75, 3.05) is 13.1 Å². The molecule has 1 saturated heterocycles. The third kappa shape index (κ3) is 4.07. The number of hydrogen-bond acceptors (Lipinski definition) is 4. The molecule has 0 spiro atoms. The fourth-order valence-electron chi connectivity index (χ4n) is 4.02. The summed E-state index contributed by atoms with van der Waals surface area (Å²) in [6.07, 6.45) is 6.72. The van der Waals surface area contributed by atoms with E-state index in [-0.39, 0.29) is 27.9 Å². The molecule has 9 heteroatoms. The first-order valence-electron chi connectivity index (χ1n) is 9.30. The number of sulfonamides is 1. The molecule has 1 aliphatic heterocycles. The highest BCUT2D eigenvalue weighted by atomic mass is 35.5. The minimum atomic E-state index is -3.73. The fourth-order valence-corrected chi connectivity index (χ4v) is 6.07. The third-order valence-corrected chi connectivity index (χ3v) is 7.67. The topological polar surface area (TPSA) is 84.3 Å². The van der Waals surface area contributed by atoms with Crippen LogP contribution in [-0.4, -0.2) is 48.1 Å². The average Bonchev–Trinajstić information content (AvgIpc) is 2.88. The molecule has 2 aliphatic rings. The molecule has 0 unspecified atom stereocenters. The highest BCUT2D eigenvalue weighted by molar-refractivity contribution is 7.89. The number of nitrogens with one attached hydrogen (secondary N) is 1. The first-order valence-corrected chi connectivity index (χ1v) is 11.2. The normalized spacial score (nSPS) is 20.5. The minimum Gasteiger partial charge on any atom is -0.342 e. The predicted molar refractivity (Wildman–Crippen MR) is 99.5 cm³/mol. The van der Waals surface area contributed by atoms with E-state index in [1.54, 1.807) is 14.0 Å². The van der Waals surface area contributed by atoms with Crippen LogP contribution in [0, 0.1) is 12.8 Å². The first-order chi connectivity index (χ1) is 12.3. The molecule has 146 valence electrons. The summed E-state index contributed by atoms with van der Waals surface area (Å²) in [6.45, 7) is 2.83. The van der Waals surface area contributed by atoms with Gasteiger partial charge < -0.3 is 4.90 Å². The standard InChI is InChI=1S/C17H27ClN4O3S/c1-12-15(16(18)21(2)19-12)26(24,25)20-14-8-10-22(11-9-14)17(23)13-6-4-3-5-7-13/h13-14,20H,3-11H2,1-2H3. The lowest BCUT2D eigenvalue weighted by Gasteiger charge is -2.35. The van der Waals surface area contributed by atoms with Gasteiger partial charge in [-0.05, 0) is 32.6 Å². The lowest BCUT2D eigenvalue weighted by Crippen LogP contribution is -2.48. The fraction of sp³-hybridized carbons (Fsp3) is 0.765. The van der Waals surface area contributed by atoms with E-state index in [0.717, 1.165) is 25.7 Å². The maximum absolute atomic E-state index is 12.7. The molecule has 0 bridgehead atoms. The van der Waals surface area contributed by atoms with Gasteiger partial charge in [-0.1, -0.05) is 30.9 Å². The Morgan fingerprint density at radius 3 is 2.31 bits per heavy atom. The predicted octanol–water partition coefficient (Wildman–Crippen LogP) is 2.23. The van der Waals surface area contributed by atoms with E-state index >= 15 is 0 Å². The molecule has 0 radical (unpaired) electrons. The molecule has 0 aromatic carbocycles. The van der Waals surface area contributed by atoms with Crippen LogP contribution in [-0.2, 0) is 21.9 Å². The average molecular weight is 403 g/mol. The van der Waals surface area contributed by atoms with Gasteiger partial charge in [-0.2, -0.15) is 5.10 Å². The molecule has 1 saturated carbocycles. The number of likely N-dealkylation sites (tertiary alicyclic amines) is 1. The van der Waals surface area contributed by atoms with Crippen LogP contribution in [0.2, 0.25) is 5.15 Å². The Hall–Kier alpha value is -1.12. The van der Waals surface area contributed by atoms with Gasteiger partial charge in [-0.3, -0.25) is 9.48 Å². The van der Waals surface area contributed by atoms with Crippen molar-refractivity contribution in [1.29, 1.82) is 0 Å². The summed E-state index contributed by atoms with van der Waals surface area (Å²) in [7, 11) is -2.11. The number of carbonyl (C=O) groups is 1. The maximum Gasteiger partial charge on any atom is 0.245 e. The van der Waals surface area contributed by atoms with Gasteiger partial charge in [-0.15, -0.1) is 0 Å². The summed E-state index contributed by atoms with van der Waals surface area (Å²) in [4.78, 5) is 14.6. The molecule has 3 rings (SSSR count). The molecule has 2 fully saturated rings. The smallest absolute Gasteiger partial charge is 0.245 e. The number of carbonyl (C=O) groups excluding carboxylic acids is 1. The Bertz CT molecular complexity index is 763. The van der Waals surface area contributed by atoms with E-state index in [4.69, 9.17) is 11.6 Å². The first kappa shape index (κ1) is 19.6. The quantitative estimate of drug-likeness (QED) is 0.836. The second-order valence-electron chi connectivity index (χ2n) is 7.38. The Labute approximate surface area is 160 Å². The molecule has 26 heavy (non-hydrogen) atoms. The zero-order chi connectivity index (χ0) is 18.9. The molecule has 2 heterocycles. The Morgan fingerprint density at radius 1 is 1.15 bits per heavy atom. The van der Waals surface area contributed by atoms with Crippen LogP contribution < -0.4 is 4.72 Å². The van der Waals surface area contributed by atoms with Gasteiger partial charge in [0, 0.05) is 32.1 Å². The third-order valence-electron chi connectivity index (χ3n) is 5.45. The number of aromatic nitrogens is 2. The van der Waals surface area contributed by atoms with Crippen LogP contribution in [0.4, 0.5) is 0 Å². The largest absolute Gasteiger partial charge is 0.342 e. The number of amides is 1. The summed E-state index contributed by atoms with van der Waals surface area (Å²) >= 11 is 6.10. The second kappa shape index (κ2) is 7.86. The van der Waals surface area contributed by atoms with E-state index in [0.29, 0.717) is 31.6 Å². The lowest BCUT2D eigenvalue weighted by atomic mass is 9.87. The van der Waals surface area contributed by atoms with Crippen LogP contribution in [0.3, 0.4) is 0 Å². The zero-order valence-corrected chi connectivity index (χ0v) is 16.9. The monoisotopic (exact) mass is 402 g/mol. The molecule has 1 aromatic heterocycles. The minimum absolute atomic E-state index is 0.0439. The van der Waals surface area contributed by atoms with Gasteiger partial charge in [-0.25, -0.2) is 13.1 Å². The van der Waals surface area contributed by atoms with Crippen molar-refractivity contribution >= 4 is 27.5 Å². The van der Waals surface area contributed by atoms with Gasteiger partial charge in [0.05, 0.1) is 5.69 Å². The zero-order valence-electron chi connectivity index (χ0n) is 15.4. The van der Waals surface area contributed by atoms with Gasteiger partial charge in [0.1, 0.15) is 10.0 Å². The summed E-state index contributed by atoms with van der Waals surface area (Å²) < 4.78 is 29.5. The van der Waals surface area contributed by atoms with Crippen molar-refractivity contribution in [2.24, 2.45) is 13.0 Å². The Balaban J connectivity index is 1.59. The lowest BCUT2D eigenvalue weighted by molar-refractivity contribution is -0.137. The molecular weight excluding hydrogens is 376 g/mol. The summed E-state index contributed by atoms with van der Waals surface area (Å²) in [6, 6.07) is -0.189. The number of halogens is 1. The molecular formula is C17H27ClN4O3S. The number of aryl methyl sites for hydroxylation is 2. The van der Waals surface area contributed by atoms with Crippen molar-refractivity contribution in [3.8, 4) is 0 Å². The Kier molecular flexibility index (Phi) is 5.94. The highest BCUT2D eigenvalue weighted by Crippen LogP contribution is 2.28. The van der Waals surface area contributed by atoms with Crippen LogP contribution in [0.1, 0.15) is 50.6 Å². The van der Waals surface area contributed by atoms with E-state index in [1.807, 2.05) is 4.90 Å². The van der Waals surface area contributed by atoms with E-state index in [9.17, 15) is 13.2 Å². The molecule has 1 aliphatic carbocycles. The molecule has 1 amide bonds. The number of nitrogens with zero attached hydrogens (tertiary/aromatic N) is 3. The van der Waals surface area contributed by atoms with Crippen LogP contribution >= 0.6 is 11.6 Å². The van der Waals surface area contributed by atoms with Crippen LogP contribution in [0.25, 0.3) is 0 Å².